The summed E-state index contributed by atoms with van der Waals surface area (Å²) in [6.45, 7) is 3.71. The standard InChI is InChI=1S/C8H8N4/c1-7-9-10-11-12(7)8-5-3-2-4-6-8/h2-6H,1H2,(H,9,11). The molecule has 0 aliphatic carbocycles. The minimum Gasteiger partial charge on any atom is -0.219 e. The number of rotatable bonds is 1. The number of para-hydroxylation sites is 1. The lowest BCUT2D eigenvalue weighted by atomic mass is 10.3. The third-order valence-electron chi connectivity index (χ3n) is 1.58. The Morgan fingerprint density at radius 3 is 2.58 bits per heavy atom. The quantitative estimate of drug-likeness (QED) is 0.681. The summed E-state index contributed by atoms with van der Waals surface area (Å²) in [6, 6.07) is 9.75. The maximum Gasteiger partial charge on any atom is 0.170 e. The van der Waals surface area contributed by atoms with Crippen LogP contribution in [-0.4, -0.2) is 0 Å². The number of hydrogen-bond donors (Lipinski definition) is 1. The van der Waals surface area contributed by atoms with Crippen LogP contribution in [-0.2, 0) is 0 Å². The summed E-state index contributed by atoms with van der Waals surface area (Å²) in [7, 11) is 0. The van der Waals surface area contributed by atoms with Crippen molar-refractivity contribution in [2.24, 2.45) is 10.3 Å². The number of benzene rings is 1. The molecule has 0 radical (unpaired) electrons. The predicted molar refractivity (Wildman–Crippen MR) is 46.1 cm³/mol. The zero-order chi connectivity index (χ0) is 8.39. The Balaban J connectivity index is 2.27. The van der Waals surface area contributed by atoms with Crippen LogP contribution < -0.4 is 10.5 Å². The molecule has 0 amide bonds. The summed E-state index contributed by atoms with van der Waals surface area (Å²) in [5.74, 6) is 0.598. The van der Waals surface area contributed by atoms with E-state index in [0.29, 0.717) is 5.82 Å². The van der Waals surface area contributed by atoms with Gasteiger partial charge in [0.15, 0.2) is 5.82 Å². The molecule has 2 rings (SSSR count). The first-order valence-electron chi connectivity index (χ1n) is 3.58. The van der Waals surface area contributed by atoms with E-state index in [4.69, 9.17) is 0 Å². The lowest BCUT2D eigenvalue weighted by Crippen LogP contribution is -2.27. The van der Waals surface area contributed by atoms with Crippen molar-refractivity contribution in [3.05, 3.63) is 42.7 Å². The fraction of sp³-hybridized carbons (Fsp3) is 0. The Hall–Kier alpha value is -1.84. The molecule has 12 heavy (non-hydrogen) atoms. The van der Waals surface area contributed by atoms with Gasteiger partial charge in [0.2, 0.25) is 0 Å². The maximum atomic E-state index is 3.74. The molecule has 4 heteroatoms. The van der Waals surface area contributed by atoms with Crippen LogP contribution in [0.2, 0.25) is 0 Å². The van der Waals surface area contributed by atoms with Gasteiger partial charge in [0.1, 0.15) is 0 Å². The third-order valence-corrected chi connectivity index (χ3v) is 1.58. The fourth-order valence-corrected chi connectivity index (χ4v) is 1.01. The van der Waals surface area contributed by atoms with Gasteiger partial charge < -0.3 is 0 Å². The van der Waals surface area contributed by atoms with Gasteiger partial charge in [0, 0.05) is 0 Å². The highest BCUT2D eigenvalue weighted by atomic mass is 15.8. The van der Waals surface area contributed by atoms with Gasteiger partial charge in [-0.2, -0.15) is 5.53 Å². The van der Waals surface area contributed by atoms with Crippen molar-refractivity contribution < 1.29 is 0 Å². The molecule has 60 valence electrons. The maximum absolute atomic E-state index is 3.74. The van der Waals surface area contributed by atoms with Gasteiger partial charge >= 0.3 is 0 Å². The van der Waals surface area contributed by atoms with E-state index in [1.807, 2.05) is 30.3 Å². The molecular formula is C8H8N4. The molecule has 0 aromatic heterocycles. The molecule has 0 bridgehead atoms. The minimum atomic E-state index is 0.598. The van der Waals surface area contributed by atoms with Crippen LogP contribution in [0, 0.1) is 0 Å². The Kier molecular flexibility index (Phi) is 1.51. The molecule has 1 heterocycles. The first kappa shape index (κ1) is 6.84. The highest BCUT2D eigenvalue weighted by Crippen LogP contribution is 2.18. The Labute approximate surface area is 70.2 Å². The van der Waals surface area contributed by atoms with Crippen molar-refractivity contribution in [2.45, 2.75) is 0 Å². The van der Waals surface area contributed by atoms with E-state index >= 15 is 0 Å². The normalized spacial score (nSPS) is 15.0. The summed E-state index contributed by atoms with van der Waals surface area (Å²) in [4.78, 5) is 0. The smallest absolute Gasteiger partial charge is 0.170 e. The molecule has 0 saturated carbocycles. The van der Waals surface area contributed by atoms with Crippen LogP contribution in [0.15, 0.2) is 53.1 Å². The van der Waals surface area contributed by atoms with Crippen molar-refractivity contribution >= 4 is 5.69 Å². The molecule has 1 N–H and O–H groups in total. The zero-order valence-electron chi connectivity index (χ0n) is 6.44. The highest BCUT2D eigenvalue weighted by molar-refractivity contribution is 5.49. The summed E-state index contributed by atoms with van der Waals surface area (Å²) in [6.07, 6.45) is 0. The van der Waals surface area contributed by atoms with E-state index in [9.17, 15) is 0 Å². The molecular weight excluding hydrogens is 152 g/mol. The van der Waals surface area contributed by atoms with E-state index in [0.717, 1.165) is 5.69 Å². The molecule has 1 aromatic rings. The molecule has 0 unspecified atom stereocenters. The summed E-state index contributed by atoms with van der Waals surface area (Å²) >= 11 is 0. The van der Waals surface area contributed by atoms with Gasteiger partial charge in [-0.3, -0.25) is 0 Å². The largest absolute Gasteiger partial charge is 0.219 e. The zero-order valence-corrected chi connectivity index (χ0v) is 6.44. The van der Waals surface area contributed by atoms with E-state index in [1.165, 1.54) is 0 Å². The highest BCUT2D eigenvalue weighted by Gasteiger charge is 2.12. The number of nitrogens with zero attached hydrogens (tertiary/aromatic N) is 3. The van der Waals surface area contributed by atoms with Crippen LogP contribution in [0.4, 0.5) is 5.69 Å². The molecule has 0 spiro atoms. The van der Waals surface area contributed by atoms with Gasteiger partial charge in [-0.15, -0.1) is 5.11 Å². The number of hydrazine groups is 1. The van der Waals surface area contributed by atoms with Gasteiger partial charge in [-0.05, 0) is 12.1 Å². The minimum absolute atomic E-state index is 0.598. The van der Waals surface area contributed by atoms with E-state index in [2.05, 4.69) is 22.5 Å². The van der Waals surface area contributed by atoms with Crippen molar-refractivity contribution in [1.29, 1.82) is 0 Å². The molecule has 0 saturated heterocycles. The van der Waals surface area contributed by atoms with Gasteiger partial charge in [-0.1, -0.05) is 30.0 Å². The van der Waals surface area contributed by atoms with Crippen molar-refractivity contribution in [1.82, 2.24) is 5.53 Å². The van der Waals surface area contributed by atoms with Crippen LogP contribution >= 0.6 is 0 Å². The van der Waals surface area contributed by atoms with Gasteiger partial charge in [0.25, 0.3) is 0 Å². The molecule has 4 nitrogen and oxygen atoms in total. The molecule has 1 aromatic carbocycles. The second-order valence-electron chi connectivity index (χ2n) is 2.39. The second-order valence-corrected chi connectivity index (χ2v) is 2.39. The topological polar surface area (TPSA) is 40.0 Å². The third kappa shape index (κ3) is 1.03. The Bertz CT molecular complexity index is 317. The number of hydrogen-bond acceptors (Lipinski definition) is 4. The fourth-order valence-electron chi connectivity index (χ4n) is 1.01. The Morgan fingerprint density at radius 2 is 2.00 bits per heavy atom. The van der Waals surface area contributed by atoms with Crippen LogP contribution in [0.1, 0.15) is 0 Å². The van der Waals surface area contributed by atoms with Crippen molar-refractivity contribution in [2.75, 3.05) is 5.01 Å². The van der Waals surface area contributed by atoms with Crippen LogP contribution in [0.3, 0.4) is 0 Å². The van der Waals surface area contributed by atoms with Crippen LogP contribution in [0.25, 0.3) is 0 Å². The average Bonchev–Trinajstić information content (AvgIpc) is 2.53. The SMILES string of the molecule is C=C1N=NNN1c1ccccc1. The van der Waals surface area contributed by atoms with E-state index < -0.39 is 0 Å². The lowest BCUT2D eigenvalue weighted by Gasteiger charge is -2.14. The lowest BCUT2D eigenvalue weighted by molar-refractivity contribution is 0.774. The molecule has 1 aliphatic rings. The van der Waals surface area contributed by atoms with Crippen LogP contribution in [0.5, 0.6) is 0 Å². The Morgan fingerprint density at radius 1 is 1.25 bits per heavy atom. The van der Waals surface area contributed by atoms with Crippen molar-refractivity contribution in [3.8, 4) is 0 Å². The van der Waals surface area contributed by atoms with Gasteiger partial charge in [-0.25, -0.2) is 5.01 Å². The summed E-state index contributed by atoms with van der Waals surface area (Å²) in [5.41, 5.74) is 3.69. The monoisotopic (exact) mass is 160 g/mol. The first-order valence-corrected chi connectivity index (χ1v) is 3.58. The second kappa shape index (κ2) is 2.65. The van der Waals surface area contributed by atoms with E-state index in [-0.39, 0.29) is 0 Å². The molecule has 0 fully saturated rings. The van der Waals surface area contributed by atoms with E-state index in [1.54, 1.807) is 5.01 Å². The number of anilines is 1. The molecule has 1 aliphatic heterocycles. The van der Waals surface area contributed by atoms with Gasteiger partial charge in [0.05, 0.1) is 5.69 Å². The first-order chi connectivity index (χ1) is 5.88. The summed E-state index contributed by atoms with van der Waals surface area (Å²) in [5, 5.41) is 9.07. The predicted octanol–water partition coefficient (Wildman–Crippen LogP) is 1.85. The van der Waals surface area contributed by atoms with Crippen molar-refractivity contribution in [3.63, 3.8) is 0 Å². The number of nitrogens with one attached hydrogen (secondary N) is 1. The summed E-state index contributed by atoms with van der Waals surface area (Å²) < 4.78 is 0. The average molecular weight is 160 g/mol. The molecule has 0 atom stereocenters.